The predicted octanol–water partition coefficient (Wildman–Crippen LogP) is 3.33. The summed E-state index contributed by atoms with van der Waals surface area (Å²) in [6.07, 6.45) is 3.09. The first-order chi connectivity index (χ1) is 12.5. The first kappa shape index (κ1) is 19.0. The number of nitro groups is 1. The summed E-state index contributed by atoms with van der Waals surface area (Å²) in [4.78, 5) is 22.1. The second-order valence-electron chi connectivity index (χ2n) is 5.32. The Kier molecular flexibility index (Phi) is 6.73. The van der Waals surface area contributed by atoms with Crippen molar-refractivity contribution in [3.63, 3.8) is 0 Å². The Morgan fingerprint density at radius 3 is 2.54 bits per heavy atom. The molecule has 1 amide bonds. The van der Waals surface area contributed by atoms with Crippen LogP contribution in [0.5, 0.6) is 11.5 Å². The summed E-state index contributed by atoms with van der Waals surface area (Å²) in [5, 5.41) is 13.3. The number of nitrogens with one attached hydrogen (secondary N) is 1. The summed E-state index contributed by atoms with van der Waals surface area (Å²) in [5.41, 5.74) is 1.60. The lowest BCUT2D eigenvalue weighted by Crippen LogP contribution is -2.20. The van der Waals surface area contributed by atoms with E-state index in [9.17, 15) is 14.9 Å². The zero-order valence-corrected chi connectivity index (χ0v) is 14.6. The molecule has 0 saturated carbocycles. The Morgan fingerprint density at radius 1 is 1.19 bits per heavy atom. The summed E-state index contributed by atoms with van der Waals surface area (Å²) in [6.45, 7) is 2.72. The van der Waals surface area contributed by atoms with Crippen molar-refractivity contribution in [3.8, 4) is 11.5 Å². The number of hydrogen-bond acceptors (Lipinski definition) is 5. The summed E-state index contributed by atoms with van der Waals surface area (Å²) < 4.78 is 10.7. The molecule has 0 bridgehead atoms. The summed E-state index contributed by atoms with van der Waals surface area (Å²) >= 11 is 0. The number of methoxy groups -OCH3 is 1. The van der Waals surface area contributed by atoms with E-state index < -0.39 is 4.92 Å². The molecule has 7 nitrogen and oxygen atoms in total. The normalized spacial score (nSPS) is 10.5. The number of amides is 1. The molecule has 0 atom stereocenters. The van der Waals surface area contributed by atoms with E-state index in [-0.39, 0.29) is 18.1 Å². The number of ether oxygens (including phenoxy) is 2. The van der Waals surface area contributed by atoms with Crippen LogP contribution in [0.15, 0.2) is 48.5 Å². The third-order valence-electron chi connectivity index (χ3n) is 3.53. The van der Waals surface area contributed by atoms with Gasteiger partial charge in [0, 0.05) is 24.8 Å². The molecular weight excluding hydrogens is 336 g/mol. The zero-order valence-electron chi connectivity index (χ0n) is 14.6. The van der Waals surface area contributed by atoms with Crippen LogP contribution in [0.2, 0.25) is 0 Å². The maximum Gasteiger partial charge on any atom is 0.269 e. The molecule has 0 fully saturated rings. The van der Waals surface area contributed by atoms with Gasteiger partial charge >= 0.3 is 0 Å². The van der Waals surface area contributed by atoms with Gasteiger partial charge in [0.2, 0.25) is 5.91 Å². The Bertz CT molecular complexity index is 800. The van der Waals surface area contributed by atoms with Crippen LogP contribution in [0.3, 0.4) is 0 Å². The molecule has 0 aliphatic rings. The lowest BCUT2D eigenvalue weighted by Gasteiger charge is -2.09. The van der Waals surface area contributed by atoms with Gasteiger partial charge in [-0.2, -0.15) is 0 Å². The molecule has 2 aromatic carbocycles. The van der Waals surface area contributed by atoms with Gasteiger partial charge in [-0.25, -0.2) is 0 Å². The number of non-ortho nitro benzene ring substituents is 1. The van der Waals surface area contributed by atoms with Gasteiger partial charge in [-0.05, 0) is 36.3 Å². The third kappa shape index (κ3) is 5.34. The highest BCUT2D eigenvalue weighted by molar-refractivity contribution is 5.91. The fourth-order valence-electron chi connectivity index (χ4n) is 2.22. The van der Waals surface area contributed by atoms with Crippen LogP contribution in [0, 0.1) is 10.1 Å². The molecule has 0 radical (unpaired) electrons. The summed E-state index contributed by atoms with van der Waals surface area (Å²) in [6, 6.07) is 11.4. The predicted molar refractivity (Wildman–Crippen MR) is 98.1 cm³/mol. The van der Waals surface area contributed by atoms with E-state index in [1.165, 1.54) is 18.2 Å². The number of carbonyl (C=O) groups excluding carboxylic acids is 1. The lowest BCUT2D eigenvalue weighted by molar-refractivity contribution is -0.384. The topological polar surface area (TPSA) is 90.7 Å². The molecule has 0 aromatic heterocycles. The molecule has 2 aromatic rings. The van der Waals surface area contributed by atoms with E-state index in [0.29, 0.717) is 18.1 Å². The van der Waals surface area contributed by atoms with Crippen LogP contribution < -0.4 is 14.8 Å². The van der Waals surface area contributed by atoms with Gasteiger partial charge < -0.3 is 14.8 Å². The molecule has 0 aliphatic heterocycles. The van der Waals surface area contributed by atoms with Gasteiger partial charge in [0.05, 0.1) is 18.6 Å². The van der Waals surface area contributed by atoms with Crippen LogP contribution in [0.25, 0.3) is 6.08 Å². The molecule has 7 heteroatoms. The standard InChI is InChI=1S/C19H20N2O5/c1-3-26-17-10-6-14(12-18(17)25-2)7-11-19(22)20-13-15-4-8-16(9-5-15)21(23)24/h4-12H,3,13H2,1-2H3,(H,20,22)/b11-7+. The van der Waals surface area contributed by atoms with Crippen LogP contribution in [0.4, 0.5) is 5.69 Å². The van der Waals surface area contributed by atoms with Crippen LogP contribution in [0.1, 0.15) is 18.1 Å². The van der Waals surface area contributed by atoms with Crippen molar-refractivity contribution in [1.82, 2.24) is 5.32 Å². The molecule has 0 unspecified atom stereocenters. The van der Waals surface area contributed by atoms with Gasteiger partial charge in [-0.3, -0.25) is 14.9 Å². The van der Waals surface area contributed by atoms with Crippen molar-refractivity contribution in [2.24, 2.45) is 0 Å². The van der Waals surface area contributed by atoms with Gasteiger partial charge in [0.1, 0.15) is 0 Å². The highest BCUT2D eigenvalue weighted by atomic mass is 16.6. The van der Waals surface area contributed by atoms with E-state index in [1.54, 1.807) is 37.5 Å². The average molecular weight is 356 g/mol. The van der Waals surface area contributed by atoms with E-state index in [1.807, 2.05) is 13.0 Å². The average Bonchev–Trinajstić information content (AvgIpc) is 2.66. The molecule has 2 rings (SSSR count). The van der Waals surface area contributed by atoms with Gasteiger partial charge in [-0.1, -0.05) is 18.2 Å². The minimum atomic E-state index is -0.462. The van der Waals surface area contributed by atoms with Gasteiger partial charge in [0.25, 0.3) is 5.69 Å². The van der Waals surface area contributed by atoms with Crippen molar-refractivity contribution < 1.29 is 19.2 Å². The molecule has 0 spiro atoms. The maximum absolute atomic E-state index is 11.9. The molecule has 0 saturated heterocycles. The SMILES string of the molecule is CCOc1ccc(/C=C/C(=O)NCc2ccc([N+](=O)[O-])cc2)cc1OC. The summed E-state index contributed by atoms with van der Waals surface area (Å²) in [5.74, 6) is 0.978. The Morgan fingerprint density at radius 2 is 1.92 bits per heavy atom. The Labute approximate surface area is 151 Å². The molecule has 26 heavy (non-hydrogen) atoms. The van der Waals surface area contributed by atoms with Crippen LogP contribution in [-0.2, 0) is 11.3 Å². The van der Waals surface area contributed by atoms with Crippen LogP contribution in [-0.4, -0.2) is 24.5 Å². The lowest BCUT2D eigenvalue weighted by atomic mass is 10.2. The van der Waals surface area contributed by atoms with E-state index in [2.05, 4.69) is 5.32 Å². The van der Waals surface area contributed by atoms with Gasteiger partial charge in [-0.15, -0.1) is 0 Å². The highest BCUT2D eigenvalue weighted by Crippen LogP contribution is 2.28. The van der Waals surface area contributed by atoms with Crippen molar-refractivity contribution in [1.29, 1.82) is 0 Å². The second-order valence-corrected chi connectivity index (χ2v) is 5.32. The quantitative estimate of drug-likeness (QED) is 0.445. The van der Waals surface area contributed by atoms with Crippen molar-refractivity contribution in [2.75, 3.05) is 13.7 Å². The molecule has 0 aliphatic carbocycles. The van der Waals surface area contributed by atoms with E-state index >= 15 is 0 Å². The smallest absolute Gasteiger partial charge is 0.269 e. The van der Waals surface area contributed by atoms with Crippen LogP contribution >= 0.6 is 0 Å². The fourth-order valence-corrected chi connectivity index (χ4v) is 2.22. The van der Waals surface area contributed by atoms with Crippen molar-refractivity contribution in [3.05, 3.63) is 69.8 Å². The maximum atomic E-state index is 11.9. The number of benzene rings is 2. The Hall–Kier alpha value is -3.35. The minimum absolute atomic E-state index is 0.0180. The fraction of sp³-hybridized carbons (Fsp3) is 0.211. The number of hydrogen-bond donors (Lipinski definition) is 1. The van der Waals surface area contributed by atoms with E-state index in [4.69, 9.17) is 9.47 Å². The summed E-state index contributed by atoms with van der Waals surface area (Å²) in [7, 11) is 1.56. The number of nitro benzene ring substituents is 1. The number of carbonyl (C=O) groups is 1. The third-order valence-corrected chi connectivity index (χ3v) is 3.53. The molecule has 136 valence electrons. The second kappa shape index (κ2) is 9.22. The Balaban J connectivity index is 1.93. The molecular formula is C19H20N2O5. The van der Waals surface area contributed by atoms with Crippen molar-refractivity contribution in [2.45, 2.75) is 13.5 Å². The monoisotopic (exact) mass is 356 g/mol. The number of rotatable bonds is 8. The largest absolute Gasteiger partial charge is 0.493 e. The zero-order chi connectivity index (χ0) is 18.9. The first-order valence-corrected chi connectivity index (χ1v) is 8.03. The van der Waals surface area contributed by atoms with Gasteiger partial charge in [0.15, 0.2) is 11.5 Å². The molecule has 1 N–H and O–H groups in total. The minimum Gasteiger partial charge on any atom is -0.493 e. The highest BCUT2D eigenvalue weighted by Gasteiger charge is 2.05. The van der Waals surface area contributed by atoms with Crippen molar-refractivity contribution >= 4 is 17.7 Å². The van der Waals surface area contributed by atoms with E-state index in [0.717, 1.165) is 11.1 Å². The first-order valence-electron chi connectivity index (χ1n) is 8.03. The number of nitrogens with zero attached hydrogens (tertiary/aromatic N) is 1. The molecule has 0 heterocycles.